The normalized spacial score (nSPS) is 10.1. The molecule has 0 fully saturated rings. The quantitative estimate of drug-likeness (QED) is 0.847. The molecular weight excluding hydrogens is 278 g/mol. The highest BCUT2D eigenvalue weighted by atomic mass is 35.5. The molecule has 0 unspecified atom stereocenters. The molecule has 1 aromatic heterocycles. The summed E-state index contributed by atoms with van der Waals surface area (Å²) < 4.78 is 5.14. The van der Waals surface area contributed by atoms with Crippen molar-refractivity contribution in [2.45, 2.75) is 6.54 Å². The second kappa shape index (κ2) is 6.25. The summed E-state index contributed by atoms with van der Waals surface area (Å²) in [7, 11) is 1.47. The molecule has 0 saturated heterocycles. The van der Waals surface area contributed by atoms with E-state index in [-0.39, 0.29) is 5.91 Å². The van der Waals surface area contributed by atoms with Crippen molar-refractivity contribution in [2.75, 3.05) is 12.8 Å². The molecule has 20 heavy (non-hydrogen) atoms. The first-order valence-electron chi connectivity index (χ1n) is 5.92. The van der Waals surface area contributed by atoms with Gasteiger partial charge < -0.3 is 15.8 Å². The lowest BCUT2D eigenvalue weighted by atomic mass is 10.1. The van der Waals surface area contributed by atoms with Crippen LogP contribution < -0.4 is 15.8 Å². The molecule has 1 amide bonds. The monoisotopic (exact) mass is 291 g/mol. The van der Waals surface area contributed by atoms with E-state index in [4.69, 9.17) is 22.1 Å². The number of hydrogen-bond donors (Lipinski definition) is 2. The molecule has 0 saturated carbocycles. The molecule has 1 heterocycles. The zero-order valence-corrected chi connectivity index (χ0v) is 11.6. The first-order chi connectivity index (χ1) is 9.61. The molecule has 0 aliphatic rings. The van der Waals surface area contributed by atoms with Crippen LogP contribution in [0, 0.1) is 0 Å². The number of methoxy groups -OCH3 is 1. The standard InChI is InChI=1S/C14H14ClN3O2/c1-20-13-7-12(16)11(15)6-10(13)14(19)18-8-9-2-4-17-5-3-9/h2-7H,8,16H2,1H3,(H,18,19). The van der Waals surface area contributed by atoms with E-state index in [2.05, 4.69) is 10.3 Å². The number of hydrogen-bond acceptors (Lipinski definition) is 4. The molecule has 0 radical (unpaired) electrons. The average molecular weight is 292 g/mol. The minimum Gasteiger partial charge on any atom is -0.496 e. The van der Waals surface area contributed by atoms with E-state index in [1.807, 2.05) is 12.1 Å². The SMILES string of the molecule is COc1cc(N)c(Cl)cc1C(=O)NCc1ccncc1. The highest BCUT2D eigenvalue weighted by molar-refractivity contribution is 6.33. The summed E-state index contributed by atoms with van der Waals surface area (Å²) in [5, 5.41) is 3.11. The first-order valence-corrected chi connectivity index (χ1v) is 6.29. The fraction of sp³-hybridized carbons (Fsp3) is 0.143. The van der Waals surface area contributed by atoms with Crippen LogP contribution in [-0.2, 0) is 6.54 Å². The Bertz CT molecular complexity index is 617. The van der Waals surface area contributed by atoms with E-state index in [0.717, 1.165) is 5.56 Å². The number of nitrogens with two attached hydrogens (primary N) is 1. The lowest BCUT2D eigenvalue weighted by molar-refractivity contribution is 0.0948. The van der Waals surface area contributed by atoms with Gasteiger partial charge in [-0.3, -0.25) is 9.78 Å². The molecule has 1 aromatic carbocycles. The Morgan fingerprint density at radius 3 is 2.75 bits per heavy atom. The largest absolute Gasteiger partial charge is 0.496 e. The Morgan fingerprint density at radius 2 is 2.10 bits per heavy atom. The minimum atomic E-state index is -0.277. The maximum atomic E-state index is 12.2. The van der Waals surface area contributed by atoms with Gasteiger partial charge in [0, 0.05) is 25.0 Å². The van der Waals surface area contributed by atoms with E-state index in [0.29, 0.717) is 28.6 Å². The van der Waals surface area contributed by atoms with Crippen LogP contribution in [0.15, 0.2) is 36.7 Å². The van der Waals surface area contributed by atoms with Gasteiger partial charge in [-0.15, -0.1) is 0 Å². The van der Waals surface area contributed by atoms with Gasteiger partial charge in [0.2, 0.25) is 0 Å². The number of carbonyl (C=O) groups is 1. The van der Waals surface area contributed by atoms with Gasteiger partial charge in [0.1, 0.15) is 5.75 Å². The molecule has 0 aliphatic carbocycles. The number of aromatic nitrogens is 1. The predicted octanol–water partition coefficient (Wildman–Crippen LogP) is 2.26. The van der Waals surface area contributed by atoms with Crippen LogP contribution in [0.4, 0.5) is 5.69 Å². The van der Waals surface area contributed by atoms with Crippen LogP contribution >= 0.6 is 11.6 Å². The van der Waals surface area contributed by atoms with Gasteiger partial charge >= 0.3 is 0 Å². The van der Waals surface area contributed by atoms with Crippen molar-refractivity contribution in [1.82, 2.24) is 10.3 Å². The van der Waals surface area contributed by atoms with Gasteiger partial charge in [-0.25, -0.2) is 0 Å². The summed E-state index contributed by atoms with van der Waals surface area (Å²) >= 11 is 5.94. The molecule has 2 aromatic rings. The predicted molar refractivity (Wildman–Crippen MR) is 77.8 cm³/mol. The lowest BCUT2D eigenvalue weighted by Gasteiger charge is -2.11. The average Bonchev–Trinajstić information content (AvgIpc) is 2.48. The maximum Gasteiger partial charge on any atom is 0.255 e. The summed E-state index contributed by atoms with van der Waals surface area (Å²) in [6, 6.07) is 6.68. The van der Waals surface area contributed by atoms with E-state index >= 15 is 0 Å². The molecule has 2 rings (SSSR count). The third-order valence-electron chi connectivity index (χ3n) is 2.77. The Kier molecular flexibility index (Phi) is 4.42. The molecule has 0 aliphatic heterocycles. The Labute approximate surface area is 121 Å². The molecule has 6 heteroatoms. The summed E-state index contributed by atoms with van der Waals surface area (Å²) in [5.74, 6) is 0.111. The smallest absolute Gasteiger partial charge is 0.255 e. The van der Waals surface area contributed by atoms with Crippen molar-refractivity contribution in [3.05, 3.63) is 52.8 Å². The van der Waals surface area contributed by atoms with Crippen molar-refractivity contribution < 1.29 is 9.53 Å². The van der Waals surface area contributed by atoms with Gasteiger partial charge in [-0.05, 0) is 23.8 Å². The third-order valence-corrected chi connectivity index (χ3v) is 3.09. The second-order valence-corrected chi connectivity index (χ2v) is 4.52. The Hall–Kier alpha value is -2.27. The fourth-order valence-electron chi connectivity index (χ4n) is 1.69. The van der Waals surface area contributed by atoms with Crippen LogP contribution in [-0.4, -0.2) is 18.0 Å². The Balaban J connectivity index is 2.15. The summed E-state index contributed by atoms with van der Waals surface area (Å²) in [4.78, 5) is 16.1. The highest BCUT2D eigenvalue weighted by Gasteiger charge is 2.14. The molecule has 5 nitrogen and oxygen atoms in total. The third kappa shape index (κ3) is 3.19. The van der Waals surface area contributed by atoms with E-state index in [1.54, 1.807) is 12.4 Å². The molecule has 0 bridgehead atoms. The molecule has 3 N–H and O–H groups in total. The number of anilines is 1. The van der Waals surface area contributed by atoms with Crippen LogP contribution in [0.2, 0.25) is 5.02 Å². The van der Waals surface area contributed by atoms with Crippen LogP contribution in [0.5, 0.6) is 5.75 Å². The molecular formula is C14H14ClN3O2. The van der Waals surface area contributed by atoms with Crippen LogP contribution in [0.1, 0.15) is 15.9 Å². The lowest BCUT2D eigenvalue weighted by Crippen LogP contribution is -2.23. The summed E-state index contributed by atoms with van der Waals surface area (Å²) in [6.07, 6.45) is 3.34. The van der Waals surface area contributed by atoms with Crippen molar-refractivity contribution in [3.8, 4) is 5.75 Å². The van der Waals surface area contributed by atoms with Crippen LogP contribution in [0.3, 0.4) is 0 Å². The van der Waals surface area contributed by atoms with E-state index < -0.39 is 0 Å². The van der Waals surface area contributed by atoms with Gasteiger partial charge in [-0.1, -0.05) is 11.6 Å². The van der Waals surface area contributed by atoms with Gasteiger partial charge in [0.25, 0.3) is 5.91 Å². The minimum absolute atomic E-state index is 0.277. The number of pyridine rings is 1. The number of nitrogens with zero attached hydrogens (tertiary/aromatic N) is 1. The zero-order valence-electron chi connectivity index (χ0n) is 10.9. The second-order valence-electron chi connectivity index (χ2n) is 4.11. The van der Waals surface area contributed by atoms with Crippen molar-refractivity contribution in [3.63, 3.8) is 0 Å². The first kappa shape index (κ1) is 14.1. The van der Waals surface area contributed by atoms with Crippen molar-refractivity contribution >= 4 is 23.2 Å². The van der Waals surface area contributed by atoms with Crippen molar-refractivity contribution in [2.24, 2.45) is 0 Å². The van der Waals surface area contributed by atoms with Crippen molar-refractivity contribution in [1.29, 1.82) is 0 Å². The van der Waals surface area contributed by atoms with Gasteiger partial charge in [-0.2, -0.15) is 0 Å². The fourth-order valence-corrected chi connectivity index (χ4v) is 1.86. The van der Waals surface area contributed by atoms with Gasteiger partial charge in [0.15, 0.2) is 0 Å². The molecule has 0 atom stereocenters. The number of rotatable bonds is 4. The molecule has 104 valence electrons. The number of ether oxygens (including phenoxy) is 1. The van der Waals surface area contributed by atoms with Crippen LogP contribution in [0.25, 0.3) is 0 Å². The number of carbonyl (C=O) groups excluding carboxylic acids is 1. The number of benzene rings is 1. The number of nitrogens with one attached hydrogen (secondary N) is 1. The summed E-state index contributed by atoms with van der Waals surface area (Å²) in [6.45, 7) is 0.395. The Morgan fingerprint density at radius 1 is 1.40 bits per heavy atom. The van der Waals surface area contributed by atoms with E-state index in [9.17, 15) is 4.79 Å². The zero-order chi connectivity index (χ0) is 14.5. The molecule has 0 spiro atoms. The van der Waals surface area contributed by atoms with Gasteiger partial charge in [0.05, 0.1) is 23.4 Å². The number of halogens is 1. The number of nitrogen functional groups attached to an aromatic ring is 1. The van der Waals surface area contributed by atoms with E-state index in [1.165, 1.54) is 19.2 Å². The summed E-state index contributed by atoms with van der Waals surface area (Å²) in [5.41, 5.74) is 7.35. The highest BCUT2D eigenvalue weighted by Crippen LogP contribution is 2.28. The maximum absolute atomic E-state index is 12.2. The number of amides is 1. The topological polar surface area (TPSA) is 77.2 Å².